The van der Waals surface area contributed by atoms with E-state index in [4.69, 9.17) is 0 Å². The van der Waals surface area contributed by atoms with Crippen LogP contribution in [0, 0.1) is 6.92 Å². The number of benzene rings is 1. The van der Waals surface area contributed by atoms with Crippen molar-refractivity contribution < 1.29 is 9.90 Å². The topological polar surface area (TPSA) is 49.3 Å². The van der Waals surface area contributed by atoms with Crippen LogP contribution in [0.15, 0.2) is 24.3 Å². The number of hydrogen-bond acceptors (Lipinski definition) is 2. The summed E-state index contributed by atoms with van der Waals surface area (Å²) in [5.41, 5.74) is 1.38. The minimum Gasteiger partial charge on any atom is -0.394 e. The highest BCUT2D eigenvalue weighted by atomic mass is 16.3. The SMILES string of the molecule is CCC(C)(CO)NC(=O)C1(c2cccc(C)c2)CCC1. The largest absolute Gasteiger partial charge is 0.394 e. The number of nitrogens with one attached hydrogen (secondary N) is 1. The third-order valence-electron chi connectivity index (χ3n) is 4.76. The molecule has 1 unspecified atom stereocenters. The predicted octanol–water partition coefficient (Wildman–Crippen LogP) is 2.69. The van der Waals surface area contributed by atoms with Crippen molar-refractivity contribution in [2.75, 3.05) is 6.61 Å². The van der Waals surface area contributed by atoms with Gasteiger partial charge in [0, 0.05) is 0 Å². The highest BCUT2D eigenvalue weighted by molar-refractivity contribution is 5.89. The zero-order chi connectivity index (χ0) is 14.8. The first kappa shape index (κ1) is 15.0. The lowest BCUT2D eigenvalue weighted by molar-refractivity contribution is -0.132. The fourth-order valence-corrected chi connectivity index (χ4v) is 2.75. The molecule has 1 aliphatic carbocycles. The molecular weight excluding hydrogens is 250 g/mol. The molecule has 2 N–H and O–H groups in total. The summed E-state index contributed by atoms with van der Waals surface area (Å²) < 4.78 is 0. The van der Waals surface area contributed by atoms with Crippen molar-refractivity contribution in [1.29, 1.82) is 0 Å². The van der Waals surface area contributed by atoms with Gasteiger partial charge in [0.2, 0.25) is 5.91 Å². The van der Waals surface area contributed by atoms with Gasteiger partial charge in [-0.3, -0.25) is 4.79 Å². The summed E-state index contributed by atoms with van der Waals surface area (Å²) in [4.78, 5) is 12.8. The number of hydrogen-bond donors (Lipinski definition) is 2. The molecule has 0 radical (unpaired) electrons. The predicted molar refractivity (Wildman–Crippen MR) is 80.6 cm³/mol. The molecule has 2 rings (SSSR count). The number of rotatable bonds is 5. The summed E-state index contributed by atoms with van der Waals surface area (Å²) in [6.45, 7) is 5.90. The maximum atomic E-state index is 12.8. The Bertz CT molecular complexity index is 488. The Labute approximate surface area is 121 Å². The highest BCUT2D eigenvalue weighted by Crippen LogP contribution is 2.44. The number of carbonyl (C=O) groups excluding carboxylic acids is 1. The van der Waals surface area contributed by atoms with Crippen LogP contribution >= 0.6 is 0 Å². The van der Waals surface area contributed by atoms with Crippen LogP contribution in [0.1, 0.15) is 50.7 Å². The van der Waals surface area contributed by atoms with Gasteiger partial charge in [0.05, 0.1) is 17.6 Å². The van der Waals surface area contributed by atoms with E-state index in [1.54, 1.807) is 0 Å². The molecule has 0 aromatic heterocycles. The average Bonchev–Trinajstić information content (AvgIpc) is 2.37. The van der Waals surface area contributed by atoms with Gasteiger partial charge >= 0.3 is 0 Å². The molecule has 0 saturated heterocycles. The molecular formula is C17H25NO2. The lowest BCUT2D eigenvalue weighted by atomic mass is 9.63. The van der Waals surface area contributed by atoms with Gasteiger partial charge in [-0.15, -0.1) is 0 Å². The summed E-state index contributed by atoms with van der Waals surface area (Å²) in [5, 5.41) is 12.6. The van der Waals surface area contributed by atoms with Crippen LogP contribution in [-0.4, -0.2) is 23.2 Å². The number of amides is 1. The van der Waals surface area contributed by atoms with E-state index in [-0.39, 0.29) is 12.5 Å². The van der Waals surface area contributed by atoms with Crippen molar-refractivity contribution in [2.24, 2.45) is 0 Å². The maximum Gasteiger partial charge on any atom is 0.231 e. The lowest BCUT2D eigenvalue weighted by Gasteiger charge is -2.43. The van der Waals surface area contributed by atoms with Crippen LogP contribution in [0.3, 0.4) is 0 Å². The number of carbonyl (C=O) groups is 1. The van der Waals surface area contributed by atoms with Crippen LogP contribution in [-0.2, 0) is 10.2 Å². The van der Waals surface area contributed by atoms with Gasteiger partial charge in [0.15, 0.2) is 0 Å². The third kappa shape index (κ3) is 2.59. The second-order valence-corrected chi connectivity index (χ2v) is 6.33. The summed E-state index contributed by atoms with van der Waals surface area (Å²) >= 11 is 0. The lowest BCUT2D eigenvalue weighted by Crippen LogP contribution is -2.57. The fraction of sp³-hybridized carbons (Fsp3) is 0.588. The summed E-state index contributed by atoms with van der Waals surface area (Å²) in [6.07, 6.45) is 3.60. The number of aliphatic hydroxyl groups excluding tert-OH is 1. The first-order valence-corrected chi connectivity index (χ1v) is 7.46. The Kier molecular flexibility index (Phi) is 4.19. The van der Waals surface area contributed by atoms with Crippen molar-refractivity contribution in [3.05, 3.63) is 35.4 Å². The molecule has 1 amide bonds. The Hall–Kier alpha value is -1.35. The van der Waals surface area contributed by atoms with Gasteiger partial charge in [0.25, 0.3) is 0 Å². The Balaban J connectivity index is 2.25. The number of aliphatic hydroxyl groups is 1. The van der Waals surface area contributed by atoms with E-state index in [0.717, 1.165) is 31.2 Å². The van der Waals surface area contributed by atoms with Crippen molar-refractivity contribution in [3.8, 4) is 0 Å². The molecule has 0 spiro atoms. The van der Waals surface area contributed by atoms with Crippen LogP contribution in [0.2, 0.25) is 0 Å². The molecule has 3 nitrogen and oxygen atoms in total. The molecule has 1 atom stereocenters. The first-order chi connectivity index (χ1) is 9.46. The van der Waals surface area contributed by atoms with E-state index >= 15 is 0 Å². The monoisotopic (exact) mass is 275 g/mol. The van der Waals surface area contributed by atoms with Crippen molar-refractivity contribution in [1.82, 2.24) is 5.32 Å². The smallest absolute Gasteiger partial charge is 0.231 e. The normalized spacial score (nSPS) is 19.8. The summed E-state index contributed by atoms with van der Waals surface area (Å²) in [5.74, 6) is 0.0627. The Morgan fingerprint density at radius 1 is 1.45 bits per heavy atom. The van der Waals surface area contributed by atoms with Crippen LogP contribution in [0.4, 0.5) is 0 Å². The molecule has 110 valence electrons. The summed E-state index contributed by atoms with van der Waals surface area (Å²) in [7, 11) is 0. The van der Waals surface area contributed by atoms with Gasteiger partial charge in [-0.1, -0.05) is 43.2 Å². The van der Waals surface area contributed by atoms with Crippen LogP contribution < -0.4 is 5.32 Å². The van der Waals surface area contributed by atoms with E-state index in [1.807, 2.05) is 26.0 Å². The standard InChI is InChI=1S/C17H25NO2/c1-4-16(3,12-19)18-15(20)17(9-6-10-17)14-8-5-7-13(2)11-14/h5,7-8,11,19H,4,6,9-10,12H2,1-3H3,(H,18,20). The van der Waals surface area contributed by atoms with Crippen molar-refractivity contribution in [3.63, 3.8) is 0 Å². The number of aryl methyl sites for hydroxylation is 1. The fourth-order valence-electron chi connectivity index (χ4n) is 2.75. The van der Waals surface area contributed by atoms with E-state index in [2.05, 4.69) is 24.4 Å². The molecule has 3 heteroatoms. The van der Waals surface area contributed by atoms with E-state index in [1.165, 1.54) is 5.56 Å². The van der Waals surface area contributed by atoms with Crippen LogP contribution in [0.25, 0.3) is 0 Å². The van der Waals surface area contributed by atoms with Gasteiger partial charge in [-0.05, 0) is 38.7 Å². The highest BCUT2D eigenvalue weighted by Gasteiger charge is 2.47. The quantitative estimate of drug-likeness (QED) is 0.868. The second kappa shape index (κ2) is 5.57. The van der Waals surface area contributed by atoms with Crippen molar-refractivity contribution >= 4 is 5.91 Å². The molecule has 1 aromatic rings. The minimum absolute atomic E-state index is 0.0286. The van der Waals surface area contributed by atoms with E-state index < -0.39 is 11.0 Å². The molecule has 1 aliphatic rings. The molecule has 1 fully saturated rings. The Morgan fingerprint density at radius 2 is 2.15 bits per heavy atom. The van der Waals surface area contributed by atoms with E-state index in [9.17, 15) is 9.90 Å². The molecule has 0 heterocycles. The third-order valence-corrected chi connectivity index (χ3v) is 4.76. The van der Waals surface area contributed by atoms with Gasteiger partial charge in [0.1, 0.15) is 0 Å². The van der Waals surface area contributed by atoms with Gasteiger partial charge in [-0.25, -0.2) is 0 Å². The zero-order valence-corrected chi connectivity index (χ0v) is 12.7. The minimum atomic E-state index is -0.524. The molecule has 0 aliphatic heterocycles. The Morgan fingerprint density at radius 3 is 2.60 bits per heavy atom. The van der Waals surface area contributed by atoms with Gasteiger partial charge in [-0.2, -0.15) is 0 Å². The molecule has 0 bridgehead atoms. The van der Waals surface area contributed by atoms with Gasteiger partial charge < -0.3 is 10.4 Å². The summed E-state index contributed by atoms with van der Waals surface area (Å²) in [6, 6.07) is 8.23. The van der Waals surface area contributed by atoms with Crippen LogP contribution in [0.5, 0.6) is 0 Å². The molecule has 1 saturated carbocycles. The van der Waals surface area contributed by atoms with Crippen molar-refractivity contribution in [2.45, 2.75) is 57.4 Å². The molecule has 1 aromatic carbocycles. The zero-order valence-electron chi connectivity index (χ0n) is 12.7. The van der Waals surface area contributed by atoms with E-state index in [0.29, 0.717) is 0 Å². The first-order valence-electron chi connectivity index (χ1n) is 7.46. The average molecular weight is 275 g/mol. The second-order valence-electron chi connectivity index (χ2n) is 6.33. The maximum absolute atomic E-state index is 12.8. The molecule has 20 heavy (non-hydrogen) atoms.